The van der Waals surface area contributed by atoms with Gasteiger partial charge in [0.25, 0.3) is 0 Å². The molecular formula is C69H79Ac3N14O2S2-3. The number of hydrogen-bond acceptors (Lipinski definition) is 12. The smallest absolute Gasteiger partial charge is 0.323 e. The topological polar surface area (TPSA) is 186 Å². The first-order valence-electron chi connectivity index (χ1n) is 30.8. The number of benzene rings is 6. The summed E-state index contributed by atoms with van der Waals surface area (Å²) < 4.78 is 0. The van der Waals surface area contributed by atoms with Crippen LogP contribution in [0.5, 0.6) is 0 Å². The van der Waals surface area contributed by atoms with Crippen molar-refractivity contribution in [3.63, 3.8) is 0 Å². The number of amides is 3. The largest absolute Gasteiger partial charge is 0.683 e. The molecular weight excluding hydrogens is 1800 g/mol. The Balaban J connectivity index is 0.000000137. The number of fused-ring (bicyclic) bond motifs is 8. The van der Waals surface area contributed by atoms with Crippen molar-refractivity contribution in [1.29, 1.82) is 0 Å². The molecule has 8 aliphatic rings. The maximum atomic E-state index is 12.7. The van der Waals surface area contributed by atoms with Crippen LogP contribution in [-0.2, 0) is 26.5 Å². The molecule has 16 rings (SSSR count). The average Bonchev–Trinajstić information content (AvgIpc) is 1.66. The van der Waals surface area contributed by atoms with Gasteiger partial charge >= 0.3 is 6.03 Å². The first kappa shape index (κ1) is 70.9. The van der Waals surface area contributed by atoms with Gasteiger partial charge in [0.2, 0.25) is 16.2 Å². The second-order valence-electron chi connectivity index (χ2n) is 24.5. The summed E-state index contributed by atoms with van der Waals surface area (Å²) in [6.45, 7) is 14.1. The number of para-hydroxylation sites is 4. The Hall–Kier alpha value is -3.42. The number of likely N-dealkylation sites (tertiary alicyclic amines) is 3. The molecule has 0 saturated carbocycles. The third kappa shape index (κ3) is 16.6. The summed E-state index contributed by atoms with van der Waals surface area (Å²) in [7, 11) is 4.44. The summed E-state index contributed by atoms with van der Waals surface area (Å²) in [4.78, 5) is 30.2. The molecule has 6 aromatic carbocycles. The molecule has 10 heterocycles. The van der Waals surface area contributed by atoms with E-state index in [0.29, 0.717) is 26.5 Å². The molecule has 2 aromatic heterocycles. The van der Waals surface area contributed by atoms with Crippen molar-refractivity contribution in [3.8, 4) is 21.1 Å². The van der Waals surface area contributed by atoms with E-state index in [1.807, 2.05) is 71.6 Å². The van der Waals surface area contributed by atoms with Crippen molar-refractivity contribution in [2.24, 2.45) is 0 Å². The van der Waals surface area contributed by atoms with Crippen molar-refractivity contribution in [1.82, 2.24) is 40.4 Å². The Morgan fingerprint density at radius 3 is 1.29 bits per heavy atom. The van der Waals surface area contributed by atoms with Gasteiger partial charge in [-0.15, -0.1) is 57.1 Å². The Labute approximate surface area is 646 Å². The quantitative estimate of drug-likeness (QED) is 0.132. The second kappa shape index (κ2) is 32.8. The number of rotatable bonds is 4. The summed E-state index contributed by atoms with van der Waals surface area (Å²) >= 11 is 2.75. The summed E-state index contributed by atoms with van der Waals surface area (Å²) in [5.74, 6) is -0.134. The maximum absolute atomic E-state index is 12.7. The number of nitrogens with zero attached hydrogens (tertiary/aromatic N) is 10. The van der Waals surface area contributed by atoms with E-state index in [2.05, 4.69) is 167 Å². The van der Waals surface area contributed by atoms with Crippen molar-refractivity contribution >= 4 is 67.6 Å². The van der Waals surface area contributed by atoms with Crippen LogP contribution in [0.25, 0.3) is 37.1 Å². The van der Waals surface area contributed by atoms with E-state index in [1.165, 1.54) is 128 Å². The van der Waals surface area contributed by atoms with E-state index in [1.54, 1.807) is 5.56 Å². The van der Waals surface area contributed by atoms with E-state index in [0.717, 1.165) is 92.0 Å². The molecule has 4 saturated heterocycles. The average molecular weight is 1880 g/mol. The zero-order valence-corrected chi connectivity index (χ0v) is 67.9. The van der Waals surface area contributed by atoms with Crippen LogP contribution in [0.1, 0.15) is 80.5 Å². The minimum atomic E-state index is -0.134. The van der Waals surface area contributed by atoms with Gasteiger partial charge in [0.1, 0.15) is 10.0 Å². The van der Waals surface area contributed by atoms with Gasteiger partial charge in [-0.3, -0.25) is 10.1 Å². The van der Waals surface area contributed by atoms with Crippen LogP contribution in [-0.4, -0.2) is 140 Å². The van der Waals surface area contributed by atoms with Crippen molar-refractivity contribution in [3.05, 3.63) is 196 Å². The number of urea groups is 1. The SMILES string of the molecule is CC(=O)Nc1nnc(-c2ccccc2)s1.CN1CCC2(CC1)CNc1ccccc12.CN1CCC2(CC1)C[N-]c1ccccc12.O=C(Nc1nnc(-c2ccccc2)s1)N1CCC2(CC1)C[N-]c1ccccc12.[Ac].[Ac].[Ac].c1ccc2c(c1)[N-]CC21CCNCC1. The molecule has 0 unspecified atom stereocenters. The minimum Gasteiger partial charge on any atom is -0.683 e. The molecule has 0 aliphatic carbocycles. The predicted molar refractivity (Wildman–Crippen MR) is 355 cm³/mol. The van der Waals surface area contributed by atoms with E-state index in [9.17, 15) is 9.59 Å². The molecule has 0 bridgehead atoms. The van der Waals surface area contributed by atoms with Crippen LogP contribution in [0.2, 0.25) is 0 Å². The van der Waals surface area contributed by atoms with Crippen LogP contribution in [0, 0.1) is 132 Å². The van der Waals surface area contributed by atoms with Gasteiger partial charge in [0, 0.05) is 181 Å². The minimum absolute atomic E-state index is 0. The number of aromatic nitrogens is 4. The van der Waals surface area contributed by atoms with E-state index in [4.69, 9.17) is 5.32 Å². The number of hydrogen-bond donors (Lipinski definition) is 4. The van der Waals surface area contributed by atoms with E-state index < -0.39 is 0 Å². The van der Waals surface area contributed by atoms with Gasteiger partial charge in [-0.25, -0.2) is 4.79 Å². The zero-order chi connectivity index (χ0) is 59.7. The van der Waals surface area contributed by atoms with Gasteiger partial charge in [-0.2, -0.15) is 0 Å². The summed E-state index contributed by atoms with van der Waals surface area (Å²) in [6.07, 6.45) is 9.49. The van der Waals surface area contributed by atoms with Crippen LogP contribution in [0.4, 0.5) is 37.8 Å². The molecule has 8 aromatic rings. The molecule has 3 amide bonds. The summed E-state index contributed by atoms with van der Waals surface area (Å²) in [5, 5.41) is 45.4. The van der Waals surface area contributed by atoms with E-state index in [-0.39, 0.29) is 150 Å². The van der Waals surface area contributed by atoms with Gasteiger partial charge in [0.05, 0.1) is 0 Å². The molecule has 4 fully saturated rings. The third-order valence-corrected chi connectivity index (χ3v) is 20.8. The molecule has 461 valence electrons. The number of carbonyl (C=O) groups excluding carboxylic acids is 2. The standard InChI is InChI=1S/C21H20N5OS.C13H18N2.C13H17N2.C12H15N2.C10H9N3OS.3Ac/c27-20(23-19-25-24-18(28-19)15-6-2-1-3-7-15)26-12-10-21(11-13-26)14-22-17-9-5-4-8-16(17)21;2*1-15-8-6-13(7-9-15)10-14-12-5-3-2-4-11(12)13;1-2-4-11-10(3-1)12(9-14-11)5-7-13-8-6-12;1-7(14)11-10-13-12-9(15-10)8-5-3-2-4-6-8;;;/h1-9H,10-14H2,(H,23,25,27);2-5,14H,6-10H2,1H3;2-5H,6-10H2,1H3;1-4,13H,5-9H2;2-6H,1H3,(H,11,13,14);;;/q-1;;2*-1;;;;. The predicted octanol–water partition coefficient (Wildman–Crippen LogP) is 14.0. The van der Waals surface area contributed by atoms with Crippen LogP contribution in [0.15, 0.2) is 158 Å². The zero-order valence-electron chi connectivity index (χ0n) is 52.0. The Kier molecular flexibility index (Phi) is 25.9. The number of piperidine rings is 4. The Bertz CT molecular complexity index is 3520. The normalized spacial score (nSPS) is 18.5. The van der Waals surface area contributed by atoms with Crippen molar-refractivity contribution in [2.75, 3.05) is 109 Å². The second-order valence-corrected chi connectivity index (χ2v) is 26.5. The first-order valence-corrected chi connectivity index (χ1v) is 32.5. The molecule has 3 radical (unpaired) electrons. The fourth-order valence-electron chi connectivity index (χ4n) is 13.7. The fraction of sp³-hybridized carbons (Fsp3) is 0.391. The Morgan fingerprint density at radius 1 is 0.456 bits per heavy atom. The van der Waals surface area contributed by atoms with Crippen LogP contribution < -0.4 is 21.3 Å². The number of carbonyl (C=O) groups is 2. The van der Waals surface area contributed by atoms with Crippen molar-refractivity contribution in [2.45, 2.75) is 80.0 Å². The first-order chi connectivity index (χ1) is 42.5. The van der Waals surface area contributed by atoms with E-state index >= 15 is 0 Å². The van der Waals surface area contributed by atoms with Crippen LogP contribution >= 0.6 is 22.7 Å². The molecule has 4 N–H and O–H groups in total. The number of nitrogens with one attached hydrogen (secondary N) is 4. The van der Waals surface area contributed by atoms with Gasteiger partial charge < -0.3 is 46.6 Å². The summed E-state index contributed by atoms with van der Waals surface area (Å²) in [5.41, 5.74) is 14.1. The monoisotopic (exact) mass is 1880 g/mol. The molecule has 16 nitrogen and oxygen atoms in total. The Morgan fingerprint density at radius 2 is 0.833 bits per heavy atom. The van der Waals surface area contributed by atoms with Gasteiger partial charge in [-0.05, 0) is 133 Å². The maximum Gasteiger partial charge on any atom is 0.323 e. The third-order valence-electron chi connectivity index (χ3n) is 19.0. The summed E-state index contributed by atoms with van der Waals surface area (Å²) in [6, 6.07) is 54.0. The molecule has 21 heteroatoms. The molecule has 8 aliphatic heterocycles. The fourth-order valence-corrected chi connectivity index (χ4v) is 15.3. The van der Waals surface area contributed by atoms with Crippen LogP contribution in [0.3, 0.4) is 0 Å². The molecule has 90 heavy (non-hydrogen) atoms. The van der Waals surface area contributed by atoms with Gasteiger partial charge in [-0.1, -0.05) is 191 Å². The molecule has 0 atom stereocenters. The number of anilines is 3. The molecule has 4 spiro atoms. The van der Waals surface area contributed by atoms with Crippen molar-refractivity contribution < 1.29 is 142 Å². The van der Waals surface area contributed by atoms with Gasteiger partial charge in [0.15, 0.2) is 0 Å².